The molecule has 0 fully saturated rings. The lowest BCUT2D eigenvalue weighted by Crippen LogP contribution is -2.42. The van der Waals surface area contributed by atoms with Gasteiger partial charge in [-0.25, -0.2) is 9.18 Å². The van der Waals surface area contributed by atoms with Crippen molar-refractivity contribution in [2.24, 2.45) is 5.92 Å². The molecule has 0 radical (unpaired) electrons. The first-order valence-electron chi connectivity index (χ1n) is 6.29. The van der Waals surface area contributed by atoms with Gasteiger partial charge in [-0.1, -0.05) is 26.0 Å². The Morgan fingerprint density at radius 3 is 2.55 bits per heavy atom. The van der Waals surface area contributed by atoms with Crippen molar-refractivity contribution < 1.29 is 19.1 Å². The highest BCUT2D eigenvalue weighted by molar-refractivity contribution is 8.00. The number of benzene rings is 1. The summed E-state index contributed by atoms with van der Waals surface area (Å²) >= 11 is 1.05. The summed E-state index contributed by atoms with van der Waals surface area (Å²) in [6, 6.07) is 5.25. The Kier molecular flexibility index (Phi) is 6.51. The molecule has 110 valence electrons. The number of halogens is 1. The number of hydrogen-bond donors (Lipinski definition) is 2. The molecule has 1 aromatic rings. The highest BCUT2D eigenvalue weighted by atomic mass is 32.2. The Bertz CT molecular complexity index is 479. The molecule has 0 aliphatic carbocycles. The van der Waals surface area contributed by atoms with Crippen molar-refractivity contribution in [2.45, 2.75) is 31.2 Å². The number of carboxylic acid groups (broad SMARTS) is 1. The van der Waals surface area contributed by atoms with Gasteiger partial charge in [-0.2, -0.15) is 0 Å². The molecule has 2 N–H and O–H groups in total. The van der Waals surface area contributed by atoms with Crippen molar-refractivity contribution in [2.75, 3.05) is 5.75 Å². The largest absolute Gasteiger partial charge is 0.480 e. The first kappa shape index (κ1) is 16.5. The lowest BCUT2D eigenvalue weighted by molar-refractivity contribution is -0.141. The van der Waals surface area contributed by atoms with Crippen LogP contribution in [0, 0.1) is 11.7 Å². The Labute approximate surface area is 121 Å². The zero-order valence-corrected chi connectivity index (χ0v) is 12.2. The fourth-order valence-electron chi connectivity index (χ4n) is 1.63. The van der Waals surface area contributed by atoms with E-state index in [1.54, 1.807) is 18.2 Å². The molecule has 0 spiro atoms. The molecule has 0 saturated heterocycles. The van der Waals surface area contributed by atoms with E-state index < -0.39 is 17.9 Å². The topological polar surface area (TPSA) is 66.4 Å². The normalized spacial score (nSPS) is 12.2. The van der Waals surface area contributed by atoms with E-state index in [-0.39, 0.29) is 17.5 Å². The summed E-state index contributed by atoms with van der Waals surface area (Å²) in [5.74, 6) is -1.70. The van der Waals surface area contributed by atoms with Crippen LogP contribution in [0.25, 0.3) is 0 Å². The van der Waals surface area contributed by atoms with Gasteiger partial charge in [0.1, 0.15) is 11.9 Å². The molecule has 1 rings (SSSR count). The van der Waals surface area contributed by atoms with Crippen molar-refractivity contribution in [3.8, 4) is 0 Å². The first-order valence-corrected chi connectivity index (χ1v) is 7.28. The van der Waals surface area contributed by atoms with E-state index in [9.17, 15) is 14.0 Å². The van der Waals surface area contributed by atoms with Gasteiger partial charge in [-0.3, -0.25) is 4.79 Å². The van der Waals surface area contributed by atoms with Gasteiger partial charge in [0.05, 0.1) is 5.75 Å². The first-order chi connectivity index (χ1) is 9.40. The summed E-state index contributed by atoms with van der Waals surface area (Å²) in [4.78, 5) is 23.1. The van der Waals surface area contributed by atoms with E-state index in [2.05, 4.69) is 5.32 Å². The maximum Gasteiger partial charge on any atom is 0.326 e. The van der Waals surface area contributed by atoms with E-state index in [4.69, 9.17) is 5.11 Å². The summed E-state index contributed by atoms with van der Waals surface area (Å²) in [5, 5.41) is 11.5. The zero-order valence-electron chi connectivity index (χ0n) is 11.4. The van der Waals surface area contributed by atoms with E-state index in [0.717, 1.165) is 11.8 Å². The molecule has 0 heterocycles. The Morgan fingerprint density at radius 2 is 2.00 bits per heavy atom. The number of carboxylic acids is 1. The minimum absolute atomic E-state index is 0.0111. The van der Waals surface area contributed by atoms with Crippen LogP contribution in [0.2, 0.25) is 0 Å². The van der Waals surface area contributed by atoms with Crippen LogP contribution in [0.4, 0.5) is 4.39 Å². The van der Waals surface area contributed by atoms with E-state index >= 15 is 0 Å². The van der Waals surface area contributed by atoms with E-state index in [1.807, 2.05) is 13.8 Å². The Balaban J connectivity index is 2.50. The van der Waals surface area contributed by atoms with Crippen LogP contribution < -0.4 is 5.32 Å². The second-order valence-corrected chi connectivity index (χ2v) is 5.82. The molecule has 20 heavy (non-hydrogen) atoms. The lowest BCUT2D eigenvalue weighted by atomic mass is 10.0. The fraction of sp³-hybridized carbons (Fsp3) is 0.429. The molecule has 6 heteroatoms. The van der Waals surface area contributed by atoms with Gasteiger partial charge in [0.2, 0.25) is 5.91 Å². The third-order valence-electron chi connectivity index (χ3n) is 2.54. The van der Waals surface area contributed by atoms with Gasteiger partial charge < -0.3 is 10.4 Å². The van der Waals surface area contributed by atoms with Crippen molar-refractivity contribution in [1.29, 1.82) is 0 Å². The molecule has 1 atom stereocenters. The minimum atomic E-state index is -1.05. The maximum absolute atomic E-state index is 13.4. The Hall–Kier alpha value is -1.56. The number of carbonyl (C=O) groups excluding carboxylic acids is 1. The average molecular weight is 299 g/mol. The fourth-order valence-corrected chi connectivity index (χ4v) is 2.38. The van der Waals surface area contributed by atoms with Gasteiger partial charge in [-0.05, 0) is 24.5 Å². The van der Waals surface area contributed by atoms with Crippen molar-refractivity contribution in [1.82, 2.24) is 5.32 Å². The van der Waals surface area contributed by atoms with Crippen LogP contribution >= 0.6 is 11.8 Å². The third kappa shape index (κ3) is 5.61. The van der Waals surface area contributed by atoms with Crippen LogP contribution in [0.15, 0.2) is 29.2 Å². The number of nitrogens with one attached hydrogen (secondary N) is 1. The average Bonchev–Trinajstić information content (AvgIpc) is 2.36. The third-order valence-corrected chi connectivity index (χ3v) is 3.58. The molecular formula is C14H18FNO3S. The summed E-state index contributed by atoms with van der Waals surface area (Å²) in [7, 11) is 0. The highest BCUT2D eigenvalue weighted by Gasteiger charge is 2.21. The molecule has 4 nitrogen and oxygen atoms in total. The molecule has 0 unspecified atom stereocenters. The van der Waals surface area contributed by atoms with Gasteiger partial charge in [0, 0.05) is 4.90 Å². The second kappa shape index (κ2) is 7.89. The Morgan fingerprint density at radius 1 is 1.35 bits per heavy atom. The number of rotatable bonds is 7. The zero-order chi connectivity index (χ0) is 15.1. The SMILES string of the molecule is CC(C)C[C@@H](NC(=O)CSc1ccccc1F)C(=O)O. The predicted molar refractivity (Wildman–Crippen MR) is 76.1 cm³/mol. The molecule has 0 aliphatic rings. The molecule has 0 aliphatic heterocycles. The number of carbonyl (C=O) groups is 2. The predicted octanol–water partition coefficient (Wildman–Crippen LogP) is 2.53. The number of hydrogen-bond acceptors (Lipinski definition) is 3. The standard InChI is InChI=1S/C14H18FNO3S/c1-9(2)7-11(14(18)19)16-13(17)8-20-12-6-4-3-5-10(12)15/h3-6,9,11H,7-8H2,1-2H3,(H,16,17)(H,18,19)/t11-/m1/s1. The van der Waals surface area contributed by atoms with Crippen LogP contribution in [0.5, 0.6) is 0 Å². The van der Waals surface area contributed by atoms with E-state index in [0.29, 0.717) is 11.3 Å². The number of aliphatic carboxylic acids is 1. The molecular weight excluding hydrogens is 281 g/mol. The molecule has 1 aromatic carbocycles. The maximum atomic E-state index is 13.4. The molecule has 0 saturated carbocycles. The minimum Gasteiger partial charge on any atom is -0.480 e. The summed E-state index contributed by atoms with van der Waals surface area (Å²) in [6.45, 7) is 3.77. The molecule has 1 amide bonds. The summed E-state index contributed by atoms with van der Waals surface area (Å²) in [5.41, 5.74) is 0. The van der Waals surface area contributed by atoms with Crippen molar-refractivity contribution in [3.05, 3.63) is 30.1 Å². The monoisotopic (exact) mass is 299 g/mol. The van der Waals surface area contributed by atoms with Crippen molar-refractivity contribution >= 4 is 23.6 Å². The highest BCUT2D eigenvalue weighted by Crippen LogP contribution is 2.20. The van der Waals surface area contributed by atoms with Crippen LogP contribution in [0.3, 0.4) is 0 Å². The van der Waals surface area contributed by atoms with E-state index in [1.165, 1.54) is 6.07 Å². The summed E-state index contributed by atoms with van der Waals surface area (Å²) in [6.07, 6.45) is 0.367. The van der Waals surface area contributed by atoms with Crippen molar-refractivity contribution in [3.63, 3.8) is 0 Å². The van der Waals surface area contributed by atoms with Gasteiger partial charge in [0.15, 0.2) is 0 Å². The van der Waals surface area contributed by atoms with Crippen LogP contribution in [0.1, 0.15) is 20.3 Å². The summed E-state index contributed by atoms with van der Waals surface area (Å²) < 4.78 is 13.4. The van der Waals surface area contributed by atoms with Gasteiger partial charge >= 0.3 is 5.97 Å². The van der Waals surface area contributed by atoms with Crippen LogP contribution in [-0.2, 0) is 9.59 Å². The number of amides is 1. The lowest BCUT2D eigenvalue weighted by Gasteiger charge is -2.16. The quantitative estimate of drug-likeness (QED) is 0.759. The number of thioether (sulfide) groups is 1. The van der Waals surface area contributed by atoms with Gasteiger partial charge in [0.25, 0.3) is 0 Å². The molecule has 0 aromatic heterocycles. The molecule has 0 bridgehead atoms. The van der Waals surface area contributed by atoms with Crippen LogP contribution in [-0.4, -0.2) is 28.8 Å². The van der Waals surface area contributed by atoms with Gasteiger partial charge in [-0.15, -0.1) is 11.8 Å². The smallest absolute Gasteiger partial charge is 0.326 e. The second-order valence-electron chi connectivity index (χ2n) is 4.81.